The van der Waals surface area contributed by atoms with Crippen LogP contribution in [0.2, 0.25) is 0 Å². The van der Waals surface area contributed by atoms with Gasteiger partial charge in [-0.2, -0.15) is 0 Å². The highest BCUT2D eigenvalue weighted by atomic mass is 16.5. The van der Waals surface area contributed by atoms with Gasteiger partial charge in [-0.3, -0.25) is 9.59 Å². The second kappa shape index (κ2) is 9.31. The molecule has 7 nitrogen and oxygen atoms in total. The lowest BCUT2D eigenvalue weighted by molar-refractivity contribution is -0.143. The Morgan fingerprint density at radius 2 is 1.58 bits per heavy atom. The van der Waals surface area contributed by atoms with Crippen LogP contribution in [0.15, 0.2) is 42.5 Å². The molecule has 2 rings (SSSR count). The number of hydrogen-bond acceptors (Lipinski definition) is 6. The van der Waals surface area contributed by atoms with Gasteiger partial charge >= 0.3 is 5.97 Å². The third-order valence-electron chi connectivity index (χ3n) is 3.58. The number of benzene rings is 2. The van der Waals surface area contributed by atoms with Gasteiger partial charge in [0.2, 0.25) is 5.75 Å². The van der Waals surface area contributed by atoms with E-state index in [0.29, 0.717) is 11.5 Å². The summed E-state index contributed by atoms with van der Waals surface area (Å²) in [6, 6.07) is 12.4. The van der Waals surface area contributed by atoms with Crippen LogP contribution in [0.1, 0.15) is 15.9 Å². The zero-order valence-corrected chi connectivity index (χ0v) is 14.9. The predicted molar refractivity (Wildman–Crippen MR) is 94.7 cm³/mol. The average Bonchev–Trinajstić information content (AvgIpc) is 2.69. The normalized spacial score (nSPS) is 9.96. The molecule has 2 aromatic rings. The molecule has 0 unspecified atom stereocenters. The Kier molecular flexibility index (Phi) is 6.84. The Morgan fingerprint density at radius 3 is 2.19 bits per heavy atom. The van der Waals surface area contributed by atoms with E-state index in [-0.39, 0.29) is 24.5 Å². The van der Waals surface area contributed by atoms with E-state index >= 15 is 0 Å². The molecular formula is C19H21NO6. The fourth-order valence-corrected chi connectivity index (χ4v) is 2.32. The Balaban J connectivity index is 1.98. The van der Waals surface area contributed by atoms with Crippen LogP contribution in [0.4, 0.5) is 0 Å². The van der Waals surface area contributed by atoms with E-state index in [1.165, 1.54) is 27.4 Å². The molecule has 1 amide bonds. The van der Waals surface area contributed by atoms with Gasteiger partial charge in [-0.05, 0) is 17.7 Å². The number of nitrogens with one attached hydrogen (secondary N) is 1. The average molecular weight is 359 g/mol. The summed E-state index contributed by atoms with van der Waals surface area (Å²) in [5.41, 5.74) is 1.09. The first-order valence-electron chi connectivity index (χ1n) is 7.87. The standard InChI is InChI=1S/C19H21NO6/c1-23-15-10-9-14(17(24-2)18(15)25-3)19(22)20-11-16(21)26-12-13-7-5-4-6-8-13/h4-10H,11-12H2,1-3H3,(H,20,22). The van der Waals surface area contributed by atoms with Crippen molar-refractivity contribution in [2.45, 2.75) is 6.61 Å². The lowest BCUT2D eigenvalue weighted by atomic mass is 10.1. The van der Waals surface area contributed by atoms with Crippen molar-refractivity contribution in [1.29, 1.82) is 0 Å². The van der Waals surface area contributed by atoms with Gasteiger partial charge in [0.05, 0.1) is 26.9 Å². The van der Waals surface area contributed by atoms with Gasteiger partial charge in [-0.15, -0.1) is 0 Å². The Bertz CT molecular complexity index is 760. The minimum absolute atomic E-state index is 0.148. The van der Waals surface area contributed by atoms with Gasteiger partial charge in [-0.25, -0.2) is 0 Å². The zero-order chi connectivity index (χ0) is 18.9. The zero-order valence-electron chi connectivity index (χ0n) is 14.9. The minimum Gasteiger partial charge on any atom is -0.493 e. The van der Waals surface area contributed by atoms with Gasteiger partial charge in [-0.1, -0.05) is 30.3 Å². The van der Waals surface area contributed by atoms with E-state index in [4.69, 9.17) is 18.9 Å². The molecule has 0 saturated carbocycles. The first kappa shape index (κ1) is 19.1. The van der Waals surface area contributed by atoms with Gasteiger partial charge in [0.1, 0.15) is 13.2 Å². The summed E-state index contributed by atoms with van der Waals surface area (Å²) >= 11 is 0. The van der Waals surface area contributed by atoms with Crippen molar-refractivity contribution < 1.29 is 28.5 Å². The summed E-state index contributed by atoms with van der Waals surface area (Å²) in [6.45, 7) is -0.113. The van der Waals surface area contributed by atoms with Crippen molar-refractivity contribution >= 4 is 11.9 Å². The van der Waals surface area contributed by atoms with Crippen molar-refractivity contribution in [2.24, 2.45) is 0 Å². The van der Waals surface area contributed by atoms with E-state index in [1.54, 1.807) is 6.07 Å². The molecule has 0 saturated heterocycles. The van der Waals surface area contributed by atoms with Crippen LogP contribution in [-0.4, -0.2) is 39.8 Å². The molecule has 7 heteroatoms. The lowest BCUT2D eigenvalue weighted by Crippen LogP contribution is -2.30. The number of rotatable bonds is 8. The summed E-state index contributed by atoms with van der Waals surface area (Å²) in [5, 5.41) is 2.51. The quantitative estimate of drug-likeness (QED) is 0.728. The first-order valence-corrected chi connectivity index (χ1v) is 7.87. The van der Waals surface area contributed by atoms with E-state index in [0.717, 1.165) is 5.56 Å². The molecule has 0 aromatic heterocycles. The van der Waals surface area contributed by atoms with Crippen LogP contribution >= 0.6 is 0 Å². The van der Waals surface area contributed by atoms with Gasteiger partial charge in [0.25, 0.3) is 5.91 Å². The first-order chi connectivity index (χ1) is 12.6. The maximum atomic E-state index is 12.4. The molecule has 1 N–H and O–H groups in total. The molecule has 0 radical (unpaired) electrons. The predicted octanol–water partition coefficient (Wildman–Crippen LogP) is 2.19. The minimum atomic E-state index is -0.540. The van der Waals surface area contributed by atoms with Crippen LogP contribution in [0.3, 0.4) is 0 Å². The SMILES string of the molecule is COc1ccc(C(=O)NCC(=O)OCc2ccccc2)c(OC)c1OC. The Hall–Kier alpha value is -3.22. The van der Waals surface area contributed by atoms with Crippen LogP contribution in [0, 0.1) is 0 Å². The fraction of sp³-hybridized carbons (Fsp3) is 0.263. The third-order valence-corrected chi connectivity index (χ3v) is 3.58. The lowest BCUT2D eigenvalue weighted by Gasteiger charge is -2.15. The number of esters is 1. The smallest absolute Gasteiger partial charge is 0.325 e. The van der Waals surface area contributed by atoms with Crippen molar-refractivity contribution in [3.05, 3.63) is 53.6 Å². The van der Waals surface area contributed by atoms with Gasteiger partial charge < -0.3 is 24.3 Å². The summed E-state index contributed by atoms with van der Waals surface area (Å²) in [5.74, 6) is -0.0689. The Labute approximate surface area is 151 Å². The molecular weight excluding hydrogens is 338 g/mol. The molecule has 0 bridgehead atoms. The van der Waals surface area contributed by atoms with Crippen LogP contribution in [0.5, 0.6) is 17.2 Å². The molecule has 0 aliphatic rings. The van der Waals surface area contributed by atoms with E-state index in [1.807, 2.05) is 30.3 Å². The number of amides is 1. The number of methoxy groups -OCH3 is 3. The number of carbonyl (C=O) groups excluding carboxylic acids is 2. The van der Waals surface area contributed by atoms with Crippen molar-refractivity contribution in [2.75, 3.05) is 27.9 Å². The largest absolute Gasteiger partial charge is 0.493 e. The van der Waals surface area contributed by atoms with E-state index in [9.17, 15) is 9.59 Å². The van der Waals surface area contributed by atoms with Crippen molar-refractivity contribution in [1.82, 2.24) is 5.32 Å². The monoisotopic (exact) mass is 359 g/mol. The van der Waals surface area contributed by atoms with Crippen LogP contribution in [-0.2, 0) is 16.1 Å². The van der Waals surface area contributed by atoms with Crippen LogP contribution in [0.25, 0.3) is 0 Å². The molecule has 0 aliphatic carbocycles. The second-order valence-electron chi connectivity index (χ2n) is 5.21. The summed E-state index contributed by atoms with van der Waals surface area (Å²) in [7, 11) is 4.35. The number of hydrogen-bond donors (Lipinski definition) is 1. The molecule has 0 atom stereocenters. The molecule has 0 fully saturated rings. The van der Waals surface area contributed by atoms with Crippen LogP contribution < -0.4 is 19.5 Å². The second-order valence-corrected chi connectivity index (χ2v) is 5.21. The molecule has 26 heavy (non-hydrogen) atoms. The van der Waals surface area contributed by atoms with Crippen molar-refractivity contribution in [3.8, 4) is 17.2 Å². The summed E-state index contributed by atoms with van der Waals surface area (Å²) in [4.78, 5) is 24.2. The Morgan fingerprint density at radius 1 is 0.885 bits per heavy atom. The molecule has 0 heterocycles. The molecule has 2 aromatic carbocycles. The maximum Gasteiger partial charge on any atom is 0.325 e. The highest BCUT2D eigenvalue weighted by molar-refractivity contribution is 5.99. The van der Waals surface area contributed by atoms with Gasteiger partial charge in [0, 0.05) is 0 Å². The summed E-state index contributed by atoms with van der Waals surface area (Å²) in [6.07, 6.45) is 0. The highest BCUT2D eigenvalue weighted by Gasteiger charge is 2.21. The maximum absolute atomic E-state index is 12.4. The van der Waals surface area contributed by atoms with Gasteiger partial charge in [0.15, 0.2) is 11.5 Å². The molecule has 0 aliphatic heterocycles. The van der Waals surface area contributed by atoms with E-state index < -0.39 is 11.9 Å². The van der Waals surface area contributed by atoms with E-state index in [2.05, 4.69) is 5.32 Å². The molecule has 0 spiro atoms. The number of carbonyl (C=O) groups is 2. The third kappa shape index (κ3) is 4.66. The van der Waals surface area contributed by atoms with Crippen molar-refractivity contribution in [3.63, 3.8) is 0 Å². The highest BCUT2D eigenvalue weighted by Crippen LogP contribution is 2.39. The topological polar surface area (TPSA) is 83.1 Å². The fourth-order valence-electron chi connectivity index (χ4n) is 2.32. The molecule has 138 valence electrons. The number of ether oxygens (including phenoxy) is 4. The summed E-state index contributed by atoms with van der Waals surface area (Å²) < 4.78 is 20.8.